The number of phenols is 1. The number of hydrogen-bond donors (Lipinski definition) is 1. The smallest absolute Gasteiger partial charge is 0.338 e. The molecule has 0 saturated heterocycles. The molecule has 10 heteroatoms. The van der Waals surface area contributed by atoms with Gasteiger partial charge in [-0.1, -0.05) is 53.8 Å². The van der Waals surface area contributed by atoms with Gasteiger partial charge in [-0.15, -0.1) is 0 Å². The van der Waals surface area contributed by atoms with Crippen molar-refractivity contribution in [2.45, 2.75) is 19.9 Å². The van der Waals surface area contributed by atoms with Crippen LogP contribution in [-0.2, 0) is 14.3 Å². The van der Waals surface area contributed by atoms with E-state index in [9.17, 15) is 14.7 Å². The topological polar surface area (TPSA) is 109 Å². The molecule has 212 valence electrons. The molecule has 0 radical (unpaired) electrons. The number of thiazole rings is 1. The number of para-hydroxylation sites is 1. The summed E-state index contributed by atoms with van der Waals surface area (Å²) in [7, 11) is 3.05. The van der Waals surface area contributed by atoms with Gasteiger partial charge >= 0.3 is 5.97 Å². The SMILES string of the molecule is CCOc1c(OC)cccc1[C@@H]1C(C(=O)OCCOC)=C(C)N=c2s/c(=C/c3c(O)ccc4ccccc34)c(=O)n21. The van der Waals surface area contributed by atoms with Crippen molar-refractivity contribution >= 4 is 34.2 Å². The van der Waals surface area contributed by atoms with E-state index in [0.717, 1.165) is 10.8 Å². The Balaban J connectivity index is 1.77. The van der Waals surface area contributed by atoms with Crippen LogP contribution in [0.1, 0.15) is 31.0 Å². The summed E-state index contributed by atoms with van der Waals surface area (Å²) in [6.07, 6.45) is 1.67. The maximum Gasteiger partial charge on any atom is 0.338 e. The van der Waals surface area contributed by atoms with Crippen molar-refractivity contribution in [1.82, 2.24) is 4.57 Å². The predicted octanol–water partition coefficient (Wildman–Crippen LogP) is 3.69. The average Bonchev–Trinajstić information content (AvgIpc) is 3.28. The number of ether oxygens (including phenoxy) is 4. The molecule has 0 bridgehead atoms. The second-order valence-corrected chi connectivity index (χ2v) is 10.3. The zero-order valence-electron chi connectivity index (χ0n) is 23.2. The van der Waals surface area contributed by atoms with Gasteiger partial charge in [-0.3, -0.25) is 9.36 Å². The average molecular weight is 575 g/mol. The number of carbonyl (C=O) groups excluding carboxylic acids is 1. The molecule has 4 aromatic rings. The lowest BCUT2D eigenvalue weighted by Crippen LogP contribution is -2.40. The van der Waals surface area contributed by atoms with Gasteiger partial charge in [0.05, 0.1) is 36.1 Å². The fourth-order valence-corrected chi connectivity index (χ4v) is 5.98. The third-order valence-electron chi connectivity index (χ3n) is 6.80. The molecule has 5 rings (SSSR count). The number of allylic oxidation sites excluding steroid dienone is 1. The Morgan fingerprint density at radius 3 is 2.66 bits per heavy atom. The highest BCUT2D eigenvalue weighted by Crippen LogP contribution is 2.40. The molecule has 0 amide bonds. The minimum absolute atomic E-state index is 0.0417. The van der Waals surface area contributed by atoms with Gasteiger partial charge in [0, 0.05) is 18.2 Å². The first-order valence-electron chi connectivity index (χ1n) is 13.1. The van der Waals surface area contributed by atoms with Crippen LogP contribution in [0.25, 0.3) is 16.8 Å². The van der Waals surface area contributed by atoms with Crippen LogP contribution in [-0.4, -0.2) is 49.7 Å². The molecule has 1 atom stereocenters. The molecule has 0 unspecified atom stereocenters. The summed E-state index contributed by atoms with van der Waals surface area (Å²) >= 11 is 1.18. The van der Waals surface area contributed by atoms with E-state index in [1.807, 2.05) is 37.3 Å². The molecule has 0 aliphatic carbocycles. The maximum absolute atomic E-state index is 14.1. The Morgan fingerprint density at radius 1 is 1.10 bits per heavy atom. The molecule has 1 N–H and O–H groups in total. The van der Waals surface area contributed by atoms with Gasteiger partial charge in [-0.25, -0.2) is 9.79 Å². The highest BCUT2D eigenvalue weighted by Gasteiger charge is 2.36. The number of nitrogens with zero attached hydrogens (tertiary/aromatic N) is 2. The van der Waals surface area contributed by atoms with Gasteiger partial charge in [0.15, 0.2) is 16.3 Å². The Morgan fingerprint density at radius 2 is 1.90 bits per heavy atom. The van der Waals surface area contributed by atoms with Crippen LogP contribution in [0.3, 0.4) is 0 Å². The van der Waals surface area contributed by atoms with E-state index in [1.54, 1.807) is 37.3 Å². The first kappa shape index (κ1) is 28.1. The molecule has 3 aromatic carbocycles. The van der Waals surface area contributed by atoms with Gasteiger partial charge in [-0.05, 0) is 42.8 Å². The third-order valence-corrected chi connectivity index (χ3v) is 7.78. The molecule has 1 aromatic heterocycles. The van der Waals surface area contributed by atoms with Gasteiger partial charge in [0.1, 0.15) is 18.4 Å². The fraction of sp³-hybridized carbons (Fsp3) is 0.258. The molecule has 2 heterocycles. The zero-order chi connectivity index (χ0) is 29.1. The number of aromatic nitrogens is 1. The normalized spacial score (nSPS) is 15.0. The number of benzene rings is 3. The molecule has 0 spiro atoms. The van der Waals surface area contributed by atoms with Crippen LogP contribution >= 0.6 is 11.3 Å². The van der Waals surface area contributed by atoms with Crippen molar-refractivity contribution in [2.24, 2.45) is 4.99 Å². The summed E-state index contributed by atoms with van der Waals surface area (Å²) in [6, 6.07) is 15.5. The van der Waals surface area contributed by atoms with Crippen LogP contribution in [0.4, 0.5) is 0 Å². The monoisotopic (exact) mass is 574 g/mol. The van der Waals surface area contributed by atoms with E-state index in [2.05, 4.69) is 4.99 Å². The van der Waals surface area contributed by atoms with Crippen molar-refractivity contribution in [3.8, 4) is 17.2 Å². The first-order valence-corrected chi connectivity index (χ1v) is 13.9. The van der Waals surface area contributed by atoms with Gasteiger partial charge < -0.3 is 24.1 Å². The highest BCUT2D eigenvalue weighted by atomic mass is 32.1. The summed E-state index contributed by atoms with van der Waals surface area (Å²) < 4.78 is 24.0. The molecule has 0 fully saturated rings. The minimum Gasteiger partial charge on any atom is -0.507 e. The van der Waals surface area contributed by atoms with E-state index in [0.29, 0.717) is 44.3 Å². The summed E-state index contributed by atoms with van der Waals surface area (Å²) in [6.45, 7) is 4.17. The number of hydrogen-bond acceptors (Lipinski definition) is 9. The van der Waals surface area contributed by atoms with Crippen LogP contribution in [0.15, 0.2) is 75.7 Å². The second-order valence-electron chi connectivity index (χ2n) is 9.24. The number of fused-ring (bicyclic) bond motifs is 2. The predicted molar refractivity (Wildman–Crippen MR) is 156 cm³/mol. The Hall–Kier alpha value is -4.41. The van der Waals surface area contributed by atoms with Crippen LogP contribution in [0.5, 0.6) is 17.2 Å². The zero-order valence-corrected chi connectivity index (χ0v) is 24.0. The quantitative estimate of drug-likeness (QED) is 0.240. The summed E-state index contributed by atoms with van der Waals surface area (Å²) in [5, 5.41) is 12.5. The second kappa shape index (κ2) is 12.0. The minimum atomic E-state index is -0.902. The van der Waals surface area contributed by atoms with Gasteiger partial charge in [0.2, 0.25) is 0 Å². The van der Waals surface area contributed by atoms with E-state index in [-0.39, 0.29) is 30.1 Å². The van der Waals surface area contributed by atoms with Crippen molar-refractivity contribution in [2.75, 3.05) is 34.0 Å². The molecular weight excluding hydrogens is 544 g/mol. The number of carbonyl (C=O) groups is 1. The Kier molecular flexibility index (Phi) is 8.23. The highest BCUT2D eigenvalue weighted by molar-refractivity contribution is 7.07. The number of methoxy groups -OCH3 is 2. The largest absolute Gasteiger partial charge is 0.507 e. The van der Waals surface area contributed by atoms with E-state index in [1.165, 1.54) is 30.1 Å². The van der Waals surface area contributed by atoms with Crippen molar-refractivity contribution in [1.29, 1.82) is 0 Å². The summed E-state index contributed by atoms with van der Waals surface area (Å²) in [4.78, 5) is 32.7. The Labute approximate surface area is 240 Å². The summed E-state index contributed by atoms with van der Waals surface area (Å²) in [5.74, 6) is 0.324. The van der Waals surface area contributed by atoms with Crippen molar-refractivity contribution in [3.63, 3.8) is 0 Å². The molecule has 1 aliphatic heterocycles. The van der Waals surface area contributed by atoms with Gasteiger partial charge in [-0.2, -0.15) is 0 Å². The lowest BCUT2D eigenvalue weighted by molar-refractivity contribution is -0.140. The number of aromatic hydroxyl groups is 1. The standard InChI is InChI=1S/C31H30N2O7S/c1-5-39-28-21(11-8-12-24(28)38-4)27-26(30(36)40-16-15-37-3)18(2)32-31-33(27)29(35)25(41-31)17-22-20-10-7-6-9-19(20)13-14-23(22)34/h6-14,17,27,34H,5,15-16H2,1-4H3/b25-17+/t27-/m1/s1. The fourth-order valence-electron chi connectivity index (χ4n) is 4.95. The van der Waals surface area contributed by atoms with Crippen LogP contribution < -0.4 is 24.4 Å². The third kappa shape index (κ3) is 5.23. The molecular formula is C31H30N2O7S. The number of rotatable bonds is 9. The number of phenolic OH excluding ortho intramolecular Hbond substituents is 1. The van der Waals surface area contributed by atoms with Crippen LogP contribution in [0, 0.1) is 0 Å². The Bertz CT molecular complexity index is 1840. The molecule has 41 heavy (non-hydrogen) atoms. The van der Waals surface area contributed by atoms with Crippen molar-refractivity contribution < 1.29 is 28.8 Å². The lowest BCUT2D eigenvalue weighted by atomic mass is 9.94. The van der Waals surface area contributed by atoms with Crippen molar-refractivity contribution in [3.05, 3.63) is 96.7 Å². The first-order chi connectivity index (χ1) is 19.9. The number of esters is 1. The van der Waals surface area contributed by atoms with E-state index < -0.39 is 12.0 Å². The van der Waals surface area contributed by atoms with Crippen LogP contribution in [0.2, 0.25) is 0 Å². The molecule has 9 nitrogen and oxygen atoms in total. The lowest BCUT2D eigenvalue weighted by Gasteiger charge is -2.27. The van der Waals surface area contributed by atoms with Gasteiger partial charge in [0.25, 0.3) is 5.56 Å². The van der Waals surface area contributed by atoms with E-state index >= 15 is 0 Å². The molecule has 1 aliphatic rings. The maximum atomic E-state index is 14.1. The summed E-state index contributed by atoms with van der Waals surface area (Å²) in [5.41, 5.74) is 1.34. The van der Waals surface area contributed by atoms with E-state index in [4.69, 9.17) is 18.9 Å². The molecule has 0 saturated carbocycles.